The summed E-state index contributed by atoms with van der Waals surface area (Å²) in [5.74, 6) is 2.12. The van der Waals surface area contributed by atoms with Gasteiger partial charge in [0.25, 0.3) is 0 Å². The fraction of sp³-hybridized carbons (Fsp3) is 0.358. The van der Waals surface area contributed by atoms with Crippen LogP contribution >= 0.6 is 7.82 Å². The highest BCUT2D eigenvalue weighted by Crippen LogP contribution is 2.63. The number of hydrogen-bond donors (Lipinski definition) is 1. The van der Waals surface area contributed by atoms with Crippen LogP contribution in [0.4, 0.5) is 0 Å². The lowest BCUT2D eigenvalue weighted by molar-refractivity contribution is 0.295. The molecular weight excluding hydrogens is 732 g/mol. The van der Waals surface area contributed by atoms with E-state index in [2.05, 4.69) is 162 Å². The van der Waals surface area contributed by atoms with Gasteiger partial charge in [0.05, 0.1) is 0 Å². The van der Waals surface area contributed by atoms with Crippen LogP contribution in [0, 0.1) is 0 Å². The Hall–Kier alpha value is -4.63. The molecule has 1 heterocycles. The van der Waals surface area contributed by atoms with E-state index < -0.39 is 7.82 Å². The molecule has 0 amide bonds. The van der Waals surface area contributed by atoms with Gasteiger partial charge in [0.1, 0.15) is 11.5 Å². The zero-order chi connectivity index (χ0) is 42.0. The molecule has 0 saturated heterocycles. The molecule has 1 N–H and O–H groups in total. The molecule has 6 aromatic rings. The highest BCUT2D eigenvalue weighted by atomic mass is 31.2. The van der Waals surface area contributed by atoms with Crippen LogP contribution in [0.15, 0.2) is 91.5 Å². The average Bonchev–Trinajstić information content (AvgIpc) is 3.29. The summed E-state index contributed by atoms with van der Waals surface area (Å²) in [4.78, 5) is 12.1. The molecule has 0 aromatic heterocycles. The van der Waals surface area contributed by atoms with Gasteiger partial charge in [-0.15, -0.1) is 6.58 Å². The number of benzene rings is 6. The van der Waals surface area contributed by atoms with Crippen molar-refractivity contribution in [1.29, 1.82) is 0 Å². The minimum atomic E-state index is -4.78. The Morgan fingerprint density at radius 2 is 0.948 bits per heavy atom. The fourth-order valence-corrected chi connectivity index (χ4v) is 9.78. The minimum Gasteiger partial charge on any atom is -0.394 e. The van der Waals surface area contributed by atoms with E-state index in [1.807, 2.05) is 12.1 Å². The highest BCUT2D eigenvalue weighted by molar-refractivity contribution is 7.48. The maximum atomic E-state index is 14.8. The molecule has 1 aliphatic heterocycles. The third-order valence-corrected chi connectivity index (χ3v) is 12.8. The predicted octanol–water partition coefficient (Wildman–Crippen LogP) is 16.3. The molecule has 4 nitrogen and oxygen atoms in total. The van der Waals surface area contributed by atoms with Gasteiger partial charge in [0.15, 0.2) is 0 Å². The second-order valence-corrected chi connectivity index (χ2v) is 19.6. The van der Waals surface area contributed by atoms with Gasteiger partial charge in [0, 0.05) is 22.3 Å². The first kappa shape index (κ1) is 41.5. The summed E-state index contributed by atoms with van der Waals surface area (Å²) in [6.45, 7) is 30.8. The predicted molar refractivity (Wildman–Crippen MR) is 247 cm³/mol. The smallest absolute Gasteiger partial charge is 0.394 e. The van der Waals surface area contributed by atoms with E-state index in [0.29, 0.717) is 23.3 Å². The normalized spacial score (nSPS) is 15.4. The van der Waals surface area contributed by atoms with Crippen LogP contribution in [0.25, 0.3) is 54.9 Å². The van der Waals surface area contributed by atoms with Gasteiger partial charge in [0.2, 0.25) is 0 Å². The van der Waals surface area contributed by atoms with E-state index in [4.69, 9.17) is 9.05 Å². The Morgan fingerprint density at radius 1 is 0.534 bits per heavy atom. The van der Waals surface area contributed by atoms with Crippen molar-refractivity contribution < 1.29 is 18.5 Å². The number of phosphoric ester groups is 1. The molecule has 1 aliphatic rings. The second kappa shape index (κ2) is 15.9. The van der Waals surface area contributed by atoms with E-state index in [9.17, 15) is 9.46 Å². The summed E-state index contributed by atoms with van der Waals surface area (Å²) in [5, 5.41) is 3.91. The van der Waals surface area contributed by atoms with Crippen LogP contribution in [-0.4, -0.2) is 4.89 Å². The summed E-state index contributed by atoms with van der Waals surface area (Å²) in [6.07, 6.45) is 2.65. The van der Waals surface area contributed by atoms with E-state index in [1.165, 1.54) is 33.4 Å². The third-order valence-electron chi connectivity index (χ3n) is 12.0. The van der Waals surface area contributed by atoms with Gasteiger partial charge < -0.3 is 9.05 Å². The van der Waals surface area contributed by atoms with Crippen LogP contribution in [-0.2, 0) is 11.0 Å². The van der Waals surface area contributed by atoms with Crippen molar-refractivity contribution in [3.05, 3.63) is 130 Å². The highest BCUT2D eigenvalue weighted by Gasteiger charge is 2.39. The molecule has 7 rings (SSSR count). The standard InChI is InChI=1S/C53H61O4P/c1-14-17-35-20-21-41-39(22-35)28-47(49-44(33(10)11)26-38(30(4)5)27-45(49)34(12)13)53-51(41)50-40-19-16-15-18-36(40)23-46(52(50)56-58(54,55)57-53)48-42(31(6)7)24-37(29(2)3)25-43(48)32(8)9/h14-16,18-34H,1,17H2,2-13H3,(H,54,55). The zero-order valence-corrected chi connectivity index (χ0v) is 37.5. The number of hydrogen-bond acceptors (Lipinski definition) is 3. The summed E-state index contributed by atoms with van der Waals surface area (Å²) in [7, 11) is -4.78. The molecule has 1 unspecified atom stereocenters. The van der Waals surface area contributed by atoms with Gasteiger partial charge in [-0.3, -0.25) is 4.89 Å². The molecule has 0 bridgehead atoms. The Labute approximate surface area is 347 Å². The first-order valence-corrected chi connectivity index (χ1v) is 22.8. The summed E-state index contributed by atoms with van der Waals surface area (Å²) < 4.78 is 27.9. The van der Waals surface area contributed by atoms with Crippen molar-refractivity contribution in [2.24, 2.45) is 0 Å². The molecule has 58 heavy (non-hydrogen) atoms. The molecule has 0 fully saturated rings. The molecular formula is C53H61O4P. The summed E-state index contributed by atoms with van der Waals surface area (Å²) >= 11 is 0. The van der Waals surface area contributed by atoms with Gasteiger partial charge in [-0.05, 0) is 126 Å². The van der Waals surface area contributed by atoms with Crippen LogP contribution < -0.4 is 9.05 Å². The van der Waals surface area contributed by atoms with Crippen molar-refractivity contribution in [2.75, 3.05) is 0 Å². The quantitative estimate of drug-likeness (QED) is 0.111. The van der Waals surface area contributed by atoms with Crippen LogP contribution in [0.2, 0.25) is 0 Å². The lowest BCUT2D eigenvalue weighted by Gasteiger charge is -2.26. The molecule has 0 saturated carbocycles. The lowest BCUT2D eigenvalue weighted by atomic mass is 9.78. The molecule has 0 radical (unpaired) electrons. The molecule has 0 aliphatic carbocycles. The maximum Gasteiger partial charge on any atom is 0.584 e. The van der Waals surface area contributed by atoms with Gasteiger partial charge in [-0.1, -0.05) is 156 Å². The van der Waals surface area contributed by atoms with Crippen molar-refractivity contribution in [2.45, 2.75) is 125 Å². The monoisotopic (exact) mass is 792 g/mol. The Bertz CT molecular complexity index is 2560. The molecule has 1 atom stereocenters. The Balaban J connectivity index is 1.75. The first-order valence-electron chi connectivity index (χ1n) is 21.3. The van der Waals surface area contributed by atoms with Crippen LogP contribution in [0.1, 0.15) is 158 Å². The van der Waals surface area contributed by atoms with Crippen molar-refractivity contribution >= 4 is 29.4 Å². The van der Waals surface area contributed by atoms with Gasteiger partial charge in [-0.25, -0.2) is 4.57 Å². The second-order valence-electron chi connectivity index (χ2n) is 18.3. The SMILES string of the molecule is C=CCc1ccc2c3c(c(-c4c(C(C)C)cc(C(C)C)cc4C(C)C)cc2c1)OP(=O)(O)Oc1c(-c2c(C(C)C)cc(C(C)C)cc2C(C)C)cc2ccccc2c1-3. The number of fused-ring (bicyclic) bond motifs is 7. The Kier molecular flexibility index (Phi) is 11.3. The zero-order valence-electron chi connectivity index (χ0n) is 36.6. The molecule has 302 valence electrons. The van der Waals surface area contributed by atoms with Crippen molar-refractivity contribution in [1.82, 2.24) is 0 Å². The van der Waals surface area contributed by atoms with Gasteiger partial charge >= 0.3 is 7.82 Å². The summed E-state index contributed by atoms with van der Waals surface area (Å²) in [6, 6.07) is 28.5. The van der Waals surface area contributed by atoms with Crippen LogP contribution in [0.3, 0.4) is 0 Å². The minimum absolute atomic E-state index is 0.171. The van der Waals surface area contributed by atoms with Gasteiger partial charge in [-0.2, -0.15) is 0 Å². The van der Waals surface area contributed by atoms with E-state index in [1.54, 1.807) is 0 Å². The number of phosphoric acid groups is 1. The van der Waals surface area contributed by atoms with E-state index in [0.717, 1.165) is 66.9 Å². The van der Waals surface area contributed by atoms with Crippen molar-refractivity contribution in [3.63, 3.8) is 0 Å². The number of allylic oxidation sites excluding steroid dienone is 1. The van der Waals surface area contributed by atoms with Crippen molar-refractivity contribution in [3.8, 4) is 44.9 Å². The topological polar surface area (TPSA) is 55.8 Å². The van der Waals surface area contributed by atoms with E-state index in [-0.39, 0.29) is 23.7 Å². The lowest BCUT2D eigenvalue weighted by Crippen LogP contribution is -2.06. The fourth-order valence-electron chi connectivity index (χ4n) is 8.90. The molecule has 0 spiro atoms. The largest absolute Gasteiger partial charge is 0.584 e. The molecule has 5 heteroatoms. The average molecular weight is 793 g/mol. The summed E-state index contributed by atoms with van der Waals surface area (Å²) in [5.41, 5.74) is 13.7. The van der Waals surface area contributed by atoms with E-state index >= 15 is 0 Å². The third kappa shape index (κ3) is 7.44. The first-order chi connectivity index (χ1) is 27.4. The Morgan fingerprint density at radius 3 is 1.36 bits per heavy atom. The molecule has 6 aromatic carbocycles. The maximum absolute atomic E-state index is 14.8. The number of rotatable bonds is 10. The van der Waals surface area contributed by atoms with Crippen LogP contribution in [0.5, 0.6) is 11.5 Å².